The summed E-state index contributed by atoms with van der Waals surface area (Å²) in [6.07, 6.45) is 5.79. The molecule has 2 aliphatic rings. The highest BCUT2D eigenvalue weighted by atomic mass is 32.2. The monoisotopic (exact) mass is 504 g/mol. The van der Waals surface area contributed by atoms with Crippen molar-refractivity contribution >= 4 is 35.1 Å². The first kappa shape index (κ1) is 25.0. The van der Waals surface area contributed by atoms with Gasteiger partial charge in [-0.3, -0.25) is 4.79 Å². The summed E-state index contributed by atoms with van der Waals surface area (Å²) < 4.78 is 9.94. The summed E-state index contributed by atoms with van der Waals surface area (Å²) in [5.41, 5.74) is 4.78. The molecule has 2 aromatic rings. The topological polar surface area (TPSA) is 85.9 Å². The fraction of sp³-hybridized carbons (Fsp3) is 0.520. The van der Waals surface area contributed by atoms with E-state index in [1.807, 2.05) is 23.9 Å². The smallest absolute Gasteiger partial charge is 0.407 e. The van der Waals surface area contributed by atoms with Crippen LogP contribution in [-0.2, 0) is 30.4 Å². The van der Waals surface area contributed by atoms with Crippen LogP contribution in [0.25, 0.3) is 10.4 Å². The Morgan fingerprint density at radius 1 is 1.12 bits per heavy atom. The maximum atomic E-state index is 12.8. The van der Waals surface area contributed by atoms with Gasteiger partial charge in [0.05, 0.1) is 11.9 Å². The number of methoxy groups -OCH3 is 1. The Balaban J connectivity index is 1.41. The summed E-state index contributed by atoms with van der Waals surface area (Å²) in [6, 6.07) is 12.5. The second kappa shape index (κ2) is 12.1. The third-order valence-corrected chi connectivity index (χ3v) is 9.24. The molecule has 0 spiro atoms. The molecule has 4 rings (SSSR count). The Kier molecular flexibility index (Phi) is 8.88. The van der Waals surface area contributed by atoms with E-state index in [0.29, 0.717) is 19.6 Å². The SMILES string of the molecule is COC(=O)NCc1ccc(-c2ccc([C@@]3(CC(=O)NOC4CCCCO4)CCCCS3)s2)cc1. The van der Waals surface area contributed by atoms with Crippen LogP contribution in [-0.4, -0.2) is 37.8 Å². The van der Waals surface area contributed by atoms with E-state index in [-0.39, 0.29) is 16.9 Å². The number of alkyl carbamates (subject to hydrolysis) is 1. The first-order valence-corrected chi connectivity index (χ1v) is 13.6. The molecule has 2 N–H and O–H groups in total. The minimum Gasteiger partial charge on any atom is -0.453 e. The summed E-state index contributed by atoms with van der Waals surface area (Å²) in [6.45, 7) is 1.10. The van der Waals surface area contributed by atoms with Crippen molar-refractivity contribution in [3.05, 3.63) is 46.8 Å². The molecule has 2 saturated heterocycles. The van der Waals surface area contributed by atoms with E-state index in [2.05, 4.69) is 39.8 Å². The number of benzene rings is 1. The van der Waals surface area contributed by atoms with Crippen LogP contribution >= 0.6 is 23.1 Å². The average molecular weight is 505 g/mol. The highest BCUT2D eigenvalue weighted by molar-refractivity contribution is 8.00. The molecule has 9 heteroatoms. The highest BCUT2D eigenvalue weighted by Gasteiger charge is 2.38. The predicted octanol–water partition coefficient (Wildman–Crippen LogP) is 5.35. The zero-order chi connectivity index (χ0) is 23.8. The molecule has 0 saturated carbocycles. The number of rotatable bonds is 8. The summed E-state index contributed by atoms with van der Waals surface area (Å²) in [5.74, 6) is 0.954. The Morgan fingerprint density at radius 2 is 1.97 bits per heavy atom. The van der Waals surface area contributed by atoms with Crippen molar-refractivity contribution in [1.29, 1.82) is 0 Å². The molecular formula is C25H32N2O5S2. The molecule has 3 heterocycles. The number of carbonyl (C=O) groups is 2. The van der Waals surface area contributed by atoms with E-state index in [1.165, 1.54) is 23.3 Å². The maximum absolute atomic E-state index is 12.8. The van der Waals surface area contributed by atoms with Crippen molar-refractivity contribution in [2.45, 2.75) is 62.5 Å². The molecule has 0 radical (unpaired) electrons. The van der Waals surface area contributed by atoms with Gasteiger partial charge in [0.15, 0.2) is 6.29 Å². The largest absolute Gasteiger partial charge is 0.453 e. The fourth-order valence-corrected chi connectivity index (χ4v) is 7.17. The van der Waals surface area contributed by atoms with Gasteiger partial charge in [-0.25, -0.2) is 15.1 Å². The lowest BCUT2D eigenvalue weighted by atomic mass is 9.94. The van der Waals surface area contributed by atoms with Crippen LogP contribution in [0.2, 0.25) is 0 Å². The van der Waals surface area contributed by atoms with Gasteiger partial charge in [-0.05, 0) is 54.7 Å². The molecule has 1 aromatic carbocycles. The molecule has 2 amide bonds. The number of hydrogen-bond acceptors (Lipinski definition) is 7. The van der Waals surface area contributed by atoms with Gasteiger partial charge in [0, 0.05) is 35.7 Å². The van der Waals surface area contributed by atoms with Crippen LogP contribution in [0.5, 0.6) is 0 Å². The summed E-state index contributed by atoms with van der Waals surface area (Å²) >= 11 is 3.64. The number of hydroxylamine groups is 1. The number of carbonyl (C=O) groups excluding carboxylic acids is 2. The van der Waals surface area contributed by atoms with Gasteiger partial charge in [0.2, 0.25) is 5.91 Å². The van der Waals surface area contributed by atoms with Gasteiger partial charge in [-0.1, -0.05) is 30.7 Å². The van der Waals surface area contributed by atoms with Crippen molar-refractivity contribution in [1.82, 2.24) is 10.8 Å². The zero-order valence-electron chi connectivity index (χ0n) is 19.5. The molecule has 2 atom stereocenters. The number of hydrogen-bond donors (Lipinski definition) is 2. The molecule has 2 aliphatic heterocycles. The Hall–Kier alpha value is -2.07. The first-order valence-electron chi connectivity index (χ1n) is 11.8. The van der Waals surface area contributed by atoms with Crippen molar-refractivity contribution in [2.75, 3.05) is 19.5 Å². The highest BCUT2D eigenvalue weighted by Crippen LogP contribution is 2.50. The Morgan fingerprint density at radius 3 is 2.68 bits per heavy atom. The summed E-state index contributed by atoms with van der Waals surface area (Å²) in [5, 5.41) is 2.69. The number of thioether (sulfide) groups is 1. The van der Waals surface area contributed by atoms with Crippen molar-refractivity contribution < 1.29 is 23.9 Å². The maximum Gasteiger partial charge on any atom is 0.407 e. The van der Waals surface area contributed by atoms with Crippen molar-refractivity contribution in [3.8, 4) is 10.4 Å². The van der Waals surface area contributed by atoms with Crippen LogP contribution in [0.4, 0.5) is 4.79 Å². The van der Waals surface area contributed by atoms with Crippen LogP contribution < -0.4 is 10.8 Å². The van der Waals surface area contributed by atoms with Gasteiger partial charge in [0.1, 0.15) is 0 Å². The molecule has 184 valence electrons. The zero-order valence-corrected chi connectivity index (χ0v) is 21.1. The number of nitrogens with one attached hydrogen (secondary N) is 2. The minimum absolute atomic E-state index is 0.0963. The average Bonchev–Trinajstić information content (AvgIpc) is 3.39. The molecule has 1 aromatic heterocycles. The second-order valence-electron chi connectivity index (χ2n) is 8.62. The molecule has 1 unspecified atom stereocenters. The van der Waals surface area contributed by atoms with Crippen LogP contribution in [0.3, 0.4) is 0 Å². The van der Waals surface area contributed by atoms with E-state index >= 15 is 0 Å². The van der Waals surface area contributed by atoms with E-state index < -0.39 is 6.09 Å². The minimum atomic E-state index is -0.442. The molecule has 34 heavy (non-hydrogen) atoms. The number of amides is 2. The molecule has 0 aliphatic carbocycles. The van der Waals surface area contributed by atoms with Gasteiger partial charge in [-0.15, -0.1) is 23.1 Å². The van der Waals surface area contributed by atoms with Crippen LogP contribution in [0.15, 0.2) is 36.4 Å². The lowest BCUT2D eigenvalue weighted by Gasteiger charge is -2.35. The van der Waals surface area contributed by atoms with E-state index in [4.69, 9.17) is 9.57 Å². The molecule has 2 fully saturated rings. The van der Waals surface area contributed by atoms with E-state index in [0.717, 1.165) is 49.0 Å². The normalized spacial score (nSPS) is 22.7. The Bertz CT molecular complexity index is 950. The van der Waals surface area contributed by atoms with Crippen molar-refractivity contribution in [3.63, 3.8) is 0 Å². The van der Waals surface area contributed by atoms with Gasteiger partial charge < -0.3 is 14.8 Å². The Labute approximate surface area is 208 Å². The lowest BCUT2D eigenvalue weighted by Crippen LogP contribution is -2.37. The van der Waals surface area contributed by atoms with Crippen LogP contribution in [0, 0.1) is 0 Å². The van der Waals surface area contributed by atoms with Crippen LogP contribution in [0.1, 0.15) is 55.4 Å². The lowest BCUT2D eigenvalue weighted by molar-refractivity contribution is -0.200. The van der Waals surface area contributed by atoms with E-state index in [9.17, 15) is 9.59 Å². The standard InChI is InChI=1S/C25H32N2O5S2/c1-30-24(29)26-17-18-7-9-19(10-8-18)20-11-12-21(34-20)25(13-3-5-15-33-25)16-22(28)27-32-23-6-2-4-14-31-23/h7-12,23H,2-6,13-17H2,1H3,(H,26,29)(H,27,28)/t23?,25-/m0/s1. The third-order valence-electron chi connectivity index (χ3n) is 6.16. The molecule has 7 nitrogen and oxygen atoms in total. The molecular weight excluding hydrogens is 472 g/mol. The van der Waals surface area contributed by atoms with Gasteiger partial charge >= 0.3 is 6.09 Å². The van der Waals surface area contributed by atoms with Gasteiger partial charge in [-0.2, -0.15) is 0 Å². The number of thiophene rings is 1. The van der Waals surface area contributed by atoms with Gasteiger partial charge in [0.25, 0.3) is 0 Å². The van der Waals surface area contributed by atoms with E-state index in [1.54, 1.807) is 11.3 Å². The fourth-order valence-electron chi connectivity index (χ4n) is 4.28. The summed E-state index contributed by atoms with van der Waals surface area (Å²) in [4.78, 5) is 32.0. The number of ether oxygens (including phenoxy) is 2. The predicted molar refractivity (Wildman–Crippen MR) is 134 cm³/mol. The quantitative estimate of drug-likeness (QED) is 0.472. The second-order valence-corrected chi connectivity index (χ2v) is 11.2. The molecule has 0 bridgehead atoms. The van der Waals surface area contributed by atoms with Crippen molar-refractivity contribution in [2.24, 2.45) is 0 Å². The summed E-state index contributed by atoms with van der Waals surface area (Å²) in [7, 11) is 1.35. The first-order chi connectivity index (χ1) is 16.6. The third kappa shape index (κ3) is 6.53.